The standard InChI is InChI=1S/C5H7NO4S/c1-6-4(7)2-3(5(6)8)11(9)10/h3H,2H2,1H3,(H,9,10)/p-1. The lowest BCUT2D eigenvalue weighted by Crippen LogP contribution is -2.29. The van der Waals surface area contributed by atoms with Crippen molar-refractivity contribution in [2.75, 3.05) is 7.05 Å². The molecule has 0 spiro atoms. The molecule has 0 bridgehead atoms. The summed E-state index contributed by atoms with van der Waals surface area (Å²) in [7, 11) is 1.28. The van der Waals surface area contributed by atoms with Crippen molar-refractivity contribution in [3.05, 3.63) is 0 Å². The van der Waals surface area contributed by atoms with E-state index in [0.717, 1.165) is 4.90 Å². The van der Waals surface area contributed by atoms with Crippen LogP contribution in [0, 0.1) is 0 Å². The first-order valence-electron chi connectivity index (χ1n) is 2.92. The number of carbonyl (C=O) groups excluding carboxylic acids is 2. The van der Waals surface area contributed by atoms with E-state index in [4.69, 9.17) is 0 Å². The number of amides is 2. The molecular formula is C5H6NO4S-. The molecule has 2 amide bonds. The normalized spacial score (nSPS) is 27.8. The highest BCUT2D eigenvalue weighted by molar-refractivity contribution is 7.80. The molecule has 0 N–H and O–H groups in total. The zero-order valence-electron chi connectivity index (χ0n) is 5.77. The first-order valence-corrected chi connectivity index (χ1v) is 4.06. The van der Waals surface area contributed by atoms with Gasteiger partial charge in [-0.3, -0.25) is 18.7 Å². The second kappa shape index (κ2) is 2.71. The van der Waals surface area contributed by atoms with E-state index < -0.39 is 28.1 Å². The molecule has 0 aromatic carbocycles. The van der Waals surface area contributed by atoms with Crippen LogP contribution in [0.15, 0.2) is 0 Å². The second-order valence-electron chi connectivity index (χ2n) is 2.24. The molecule has 0 radical (unpaired) electrons. The molecule has 6 heteroatoms. The SMILES string of the molecule is CN1C(=O)CC(S(=O)[O-])C1=O. The Labute approximate surface area is 65.7 Å². The van der Waals surface area contributed by atoms with Crippen molar-refractivity contribution in [2.24, 2.45) is 0 Å². The highest BCUT2D eigenvalue weighted by Crippen LogP contribution is 2.14. The van der Waals surface area contributed by atoms with Gasteiger partial charge < -0.3 is 4.55 Å². The number of hydrogen-bond acceptors (Lipinski definition) is 4. The van der Waals surface area contributed by atoms with E-state index in [1.165, 1.54) is 7.05 Å². The molecule has 0 aromatic heterocycles. The molecule has 2 unspecified atom stereocenters. The Balaban J connectivity index is 2.83. The maximum atomic E-state index is 10.9. The molecule has 2 atom stereocenters. The monoisotopic (exact) mass is 176 g/mol. The Morgan fingerprint density at radius 2 is 2.18 bits per heavy atom. The van der Waals surface area contributed by atoms with Crippen molar-refractivity contribution in [3.8, 4) is 0 Å². The van der Waals surface area contributed by atoms with Gasteiger partial charge in [0.15, 0.2) is 0 Å². The molecule has 1 aliphatic rings. The van der Waals surface area contributed by atoms with Gasteiger partial charge in [0.05, 0.1) is 0 Å². The predicted octanol–water partition coefficient (Wildman–Crippen LogP) is -1.38. The summed E-state index contributed by atoms with van der Waals surface area (Å²) < 4.78 is 20.6. The molecule has 0 saturated carbocycles. The van der Waals surface area contributed by atoms with Crippen LogP contribution in [0.25, 0.3) is 0 Å². The Morgan fingerprint density at radius 1 is 1.64 bits per heavy atom. The maximum absolute atomic E-state index is 10.9. The van der Waals surface area contributed by atoms with Gasteiger partial charge in [-0.05, 0) is 11.1 Å². The van der Waals surface area contributed by atoms with Crippen molar-refractivity contribution in [3.63, 3.8) is 0 Å². The lowest BCUT2D eigenvalue weighted by Gasteiger charge is -2.10. The fraction of sp³-hybridized carbons (Fsp3) is 0.600. The second-order valence-corrected chi connectivity index (χ2v) is 3.33. The van der Waals surface area contributed by atoms with Gasteiger partial charge in [-0.2, -0.15) is 0 Å². The third-order valence-electron chi connectivity index (χ3n) is 1.57. The highest BCUT2D eigenvalue weighted by Gasteiger charge is 2.36. The van der Waals surface area contributed by atoms with Gasteiger partial charge in [0.1, 0.15) is 5.25 Å². The Morgan fingerprint density at radius 3 is 2.36 bits per heavy atom. The number of nitrogens with zero attached hydrogens (tertiary/aromatic N) is 1. The van der Waals surface area contributed by atoms with E-state index in [-0.39, 0.29) is 6.42 Å². The van der Waals surface area contributed by atoms with E-state index in [1.807, 2.05) is 0 Å². The molecule has 0 aliphatic carbocycles. The smallest absolute Gasteiger partial charge is 0.244 e. The third kappa shape index (κ3) is 1.31. The molecule has 1 aliphatic heterocycles. The van der Waals surface area contributed by atoms with Crippen molar-refractivity contribution >= 4 is 22.9 Å². The number of carbonyl (C=O) groups is 2. The van der Waals surface area contributed by atoms with E-state index >= 15 is 0 Å². The summed E-state index contributed by atoms with van der Waals surface area (Å²) in [4.78, 5) is 22.4. The van der Waals surface area contributed by atoms with Gasteiger partial charge in [-0.1, -0.05) is 0 Å². The van der Waals surface area contributed by atoms with Crippen LogP contribution in [0.4, 0.5) is 0 Å². The van der Waals surface area contributed by atoms with Crippen molar-refractivity contribution in [2.45, 2.75) is 11.7 Å². The minimum atomic E-state index is -2.47. The average Bonchev–Trinajstić information content (AvgIpc) is 2.17. The van der Waals surface area contributed by atoms with Crippen LogP contribution in [-0.4, -0.2) is 37.8 Å². The highest BCUT2D eigenvalue weighted by atomic mass is 32.2. The van der Waals surface area contributed by atoms with Crippen molar-refractivity contribution < 1.29 is 18.4 Å². The minimum Gasteiger partial charge on any atom is -0.772 e. The predicted molar refractivity (Wildman–Crippen MR) is 35.1 cm³/mol. The molecule has 62 valence electrons. The van der Waals surface area contributed by atoms with Crippen molar-refractivity contribution in [1.29, 1.82) is 0 Å². The van der Waals surface area contributed by atoms with Gasteiger partial charge in [-0.15, -0.1) is 0 Å². The summed E-state index contributed by atoms with van der Waals surface area (Å²) in [5, 5.41) is -1.16. The Hall–Kier alpha value is -0.750. The summed E-state index contributed by atoms with van der Waals surface area (Å²) in [6.07, 6.45) is -0.217. The maximum Gasteiger partial charge on any atom is 0.244 e. The van der Waals surface area contributed by atoms with Crippen LogP contribution in [0.1, 0.15) is 6.42 Å². The van der Waals surface area contributed by atoms with Crippen LogP contribution >= 0.6 is 0 Å². The molecule has 1 rings (SSSR count). The summed E-state index contributed by atoms with van der Waals surface area (Å²) in [6, 6.07) is 0. The Kier molecular flexibility index (Phi) is 2.05. The molecule has 0 aromatic rings. The lowest BCUT2D eigenvalue weighted by molar-refractivity contribution is -0.136. The summed E-state index contributed by atoms with van der Waals surface area (Å²) in [5.41, 5.74) is 0. The van der Waals surface area contributed by atoms with E-state index in [9.17, 15) is 18.4 Å². The first kappa shape index (κ1) is 8.35. The van der Waals surface area contributed by atoms with Crippen LogP contribution in [0.5, 0.6) is 0 Å². The molecule has 5 nitrogen and oxygen atoms in total. The quantitative estimate of drug-likeness (QED) is 0.364. The van der Waals surface area contributed by atoms with E-state index in [1.54, 1.807) is 0 Å². The number of likely N-dealkylation sites (tertiary alicyclic amines) is 1. The van der Waals surface area contributed by atoms with Crippen LogP contribution in [0.3, 0.4) is 0 Å². The molecule has 1 heterocycles. The van der Waals surface area contributed by atoms with Gasteiger partial charge in [0.25, 0.3) is 0 Å². The molecule has 11 heavy (non-hydrogen) atoms. The Bertz CT molecular complexity index is 239. The number of hydrogen-bond donors (Lipinski definition) is 0. The van der Waals surface area contributed by atoms with Gasteiger partial charge in [0, 0.05) is 13.5 Å². The topological polar surface area (TPSA) is 77.5 Å². The summed E-state index contributed by atoms with van der Waals surface area (Å²) in [6.45, 7) is 0. The van der Waals surface area contributed by atoms with E-state index in [2.05, 4.69) is 0 Å². The zero-order chi connectivity index (χ0) is 8.59. The summed E-state index contributed by atoms with van der Waals surface area (Å²) >= 11 is -2.47. The molecule has 1 saturated heterocycles. The molecule has 1 fully saturated rings. The summed E-state index contributed by atoms with van der Waals surface area (Å²) in [5.74, 6) is -1.08. The minimum absolute atomic E-state index is 0.217. The average molecular weight is 176 g/mol. The first-order chi connectivity index (χ1) is 5.04. The zero-order valence-corrected chi connectivity index (χ0v) is 6.59. The third-order valence-corrected chi connectivity index (χ3v) is 2.41. The van der Waals surface area contributed by atoms with Crippen LogP contribution < -0.4 is 0 Å². The van der Waals surface area contributed by atoms with Gasteiger partial charge in [0.2, 0.25) is 11.8 Å². The lowest BCUT2D eigenvalue weighted by atomic mass is 10.4. The number of rotatable bonds is 1. The van der Waals surface area contributed by atoms with Crippen molar-refractivity contribution in [1.82, 2.24) is 4.90 Å². The number of imide groups is 1. The van der Waals surface area contributed by atoms with Gasteiger partial charge in [-0.25, -0.2) is 0 Å². The van der Waals surface area contributed by atoms with Gasteiger partial charge >= 0.3 is 0 Å². The fourth-order valence-electron chi connectivity index (χ4n) is 0.872. The van der Waals surface area contributed by atoms with E-state index in [0.29, 0.717) is 0 Å². The van der Waals surface area contributed by atoms with Crippen LogP contribution in [0.2, 0.25) is 0 Å². The fourth-order valence-corrected chi connectivity index (χ4v) is 1.47. The van der Waals surface area contributed by atoms with Crippen LogP contribution in [-0.2, 0) is 20.7 Å². The molecular weight excluding hydrogens is 170 g/mol. The largest absolute Gasteiger partial charge is 0.772 e.